The fraction of sp³-hybridized carbons (Fsp3) is 0.333. The van der Waals surface area contributed by atoms with E-state index in [1.165, 1.54) is 5.69 Å². The lowest BCUT2D eigenvalue weighted by molar-refractivity contribution is 0.546. The number of anilines is 2. The van der Waals surface area contributed by atoms with Crippen LogP contribution in [-0.2, 0) is 0 Å². The first-order valence-corrected chi connectivity index (χ1v) is 7.65. The van der Waals surface area contributed by atoms with Gasteiger partial charge in [0, 0.05) is 36.4 Å². The summed E-state index contributed by atoms with van der Waals surface area (Å²) >= 11 is 11.7. The van der Waals surface area contributed by atoms with E-state index in [1.54, 1.807) is 6.07 Å². The van der Waals surface area contributed by atoms with E-state index in [9.17, 15) is 0 Å². The van der Waals surface area contributed by atoms with E-state index in [2.05, 4.69) is 39.1 Å². The molecule has 21 heavy (non-hydrogen) atoms. The molecule has 1 aromatic carbocycles. The van der Waals surface area contributed by atoms with E-state index in [0.717, 1.165) is 30.5 Å². The molecular formula is C15H16Cl2N4. The van der Waals surface area contributed by atoms with Gasteiger partial charge in [-0.05, 0) is 43.3 Å². The number of rotatable bonds is 2. The minimum absolute atomic E-state index is 0.386. The van der Waals surface area contributed by atoms with E-state index < -0.39 is 0 Å². The molecule has 2 aromatic rings. The van der Waals surface area contributed by atoms with Crippen molar-refractivity contribution in [2.45, 2.75) is 13.0 Å². The molecule has 1 aromatic heterocycles. The van der Waals surface area contributed by atoms with Crippen LogP contribution in [0.2, 0.25) is 10.2 Å². The molecular weight excluding hydrogens is 307 g/mol. The molecule has 1 aliphatic heterocycles. The summed E-state index contributed by atoms with van der Waals surface area (Å²) in [6, 6.07) is 12.1. The molecule has 1 unspecified atom stereocenters. The van der Waals surface area contributed by atoms with Crippen LogP contribution < -0.4 is 9.80 Å². The smallest absolute Gasteiger partial charge is 0.151 e. The minimum atomic E-state index is 0.386. The second kappa shape index (κ2) is 6.08. The van der Waals surface area contributed by atoms with Crippen LogP contribution in [0, 0.1) is 0 Å². The van der Waals surface area contributed by atoms with Crippen LogP contribution in [0.4, 0.5) is 11.5 Å². The van der Waals surface area contributed by atoms with E-state index in [1.807, 2.05) is 18.2 Å². The topological polar surface area (TPSA) is 32.3 Å². The first-order chi connectivity index (χ1) is 10.1. The van der Waals surface area contributed by atoms with Crippen LogP contribution in [0.25, 0.3) is 0 Å². The molecule has 4 nitrogen and oxygen atoms in total. The molecule has 0 N–H and O–H groups in total. The van der Waals surface area contributed by atoms with Crippen molar-refractivity contribution >= 4 is 34.7 Å². The van der Waals surface area contributed by atoms with Gasteiger partial charge in [-0.3, -0.25) is 0 Å². The Hall–Kier alpha value is -1.52. The van der Waals surface area contributed by atoms with Crippen molar-refractivity contribution in [3.05, 3.63) is 46.6 Å². The predicted molar refractivity (Wildman–Crippen MR) is 87.5 cm³/mol. The van der Waals surface area contributed by atoms with Crippen molar-refractivity contribution in [3.8, 4) is 0 Å². The van der Waals surface area contributed by atoms with Crippen molar-refractivity contribution in [1.82, 2.24) is 10.2 Å². The Morgan fingerprint density at radius 1 is 1.00 bits per heavy atom. The number of hydrogen-bond acceptors (Lipinski definition) is 4. The highest BCUT2D eigenvalue weighted by Crippen LogP contribution is 2.24. The first kappa shape index (κ1) is 14.4. The summed E-state index contributed by atoms with van der Waals surface area (Å²) < 4.78 is 0. The highest BCUT2D eigenvalue weighted by Gasteiger charge is 2.24. The molecule has 3 rings (SSSR count). The third-order valence-electron chi connectivity index (χ3n) is 3.73. The lowest BCUT2D eigenvalue weighted by Crippen LogP contribution is -2.52. The molecule has 1 fully saturated rings. The van der Waals surface area contributed by atoms with Gasteiger partial charge in [-0.25, -0.2) is 0 Å². The Morgan fingerprint density at radius 2 is 1.76 bits per heavy atom. The average molecular weight is 323 g/mol. The molecule has 0 saturated carbocycles. The number of aromatic nitrogens is 2. The third kappa shape index (κ3) is 3.22. The Bertz CT molecular complexity index is 600. The Kier molecular flexibility index (Phi) is 4.17. The van der Waals surface area contributed by atoms with E-state index in [4.69, 9.17) is 23.2 Å². The van der Waals surface area contributed by atoms with Gasteiger partial charge in [-0.1, -0.05) is 23.2 Å². The van der Waals surface area contributed by atoms with Crippen LogP contribution in [0.15, 0.2) is 36.4 Å². The van der Waals surface area contributed by atoms with E-state index in [0.29, 0.717) is 11.2 Å². The largest absolute Gasteiger partial charge is 0.365 e. The Balaban J connectivity index is 1.72. The molecule has 6 heteroatoms. The maximum Gasteiger partial charge on any atom is 0.151 e. The zero-order valence-electron chi connectivity index (χ0n) is 11.7. The van der Waals surface area contributed by atoms with Crippen LogP contribution in [0.1, 0.15) is 6.92 Å². The predicted octanol–water partition coefficient (Wildman–Crippen LogP) is 3.50. The molecule has 0 aliphatic carbocycles. The van der Waals surface area contributed by atoms with Crippen LogP contribution in [0.5, 0.6) is 0 Å². The number of nitrogens with zero attached hydrogens (tertiary/aromatic N) is 4. The van der Waals surface area contributed by atoms with Gasteiger partial charge in [-0.2, -0.15) is 0 Å². The normalized spacial score (nSPS) is 18.9. The molecule has 1 atom stereocenters. The number of halogens is 2. The second-order valence-corrected chi connectivity index (χ2v) is 6.00. The van der Waals surface area contributed by atoms with Crippen molar-refractivity contribution in [1.29, 1.82) is 0 Å². The lowest BCUT2D eigenvalue weighted by atomic mass is 10.1. The molecule has 0 spiro atoms. The van der Waals surface area contributed by atoms with E-state index >= 15 is 0 Å². The SMILES string of the molecule is CC1CN(c2ccc(Cl)nn2)CCN1c1ccc(Cl)cc1. The Labute approximate surface area is 134 Å². The van der Waals surface area contributed by atoms with Crippen molar-refractivity contribution < 1.29 is 0 Å². The maximum atomic E-state index is 5.95. The average Bonchev–Trinajstić information content (AvgIpc) is 2.49. The van der Waals surface area contributed by atoms with Crippen molar-refractivity contribution in [2.24, 2.45) is 0 Å². The van der Waals surface area contributed by atoms with E-state index in [-0.39, 0.29) is 0 Å². The van der Waals surface area contributed by atoms with Gasteiger partial charge in [0.1, 0.15) is 0 Å². The summed E-state index contributed by atoms with van der Waals surface area (Å²) in [7, 11) is 0. The summed E-state index contributed by atoms with van der Waals surface area (Å²) in [5.41, 5.74) is 1.20. The highest BCUT2D eigenvalue weighted by molar-refractivity contribution is 6.30. The summed E-state index contributed by atoms with van der Waals surface area (Å²) in [6.45, 7) is 4.96. The molecule has 0 bridgehead atoms. The molecule has 0 radical (unpaired) electrons. The maximum absolute atomic E-state index is 5.95. The van der Waals surface area contributed by atoms with Gasteiger partial charge >= 0.3 is 0 Å². The zero-order valence-corrected chi connectivity index (χ0v) is 13.2. The van der Waals surface area contributed by atoms with Gasteiger partial charge in [0.15, 0.2) is 11.0 Å². The molecule has 2 heterocycles. The zero-order chi connectivity index (χ0) is 14.8. The van der Waals surface area contributed by atoms with Gasteiger partial charge in [0.25, 0.3) is 0 Å². The summed E-state index contributed by atoms with van der Waals surface area (Å²) in [6.07, 6.45) is 0. The fourth-order valence-electron chi connectivity index (χ4n) is 2.66. The van der Waals surface area contributed by atoms with Crippen molar-refractivity contribution in [2.75, 3.05) is 29.4 Å². The first-order valence-electron chi connectivity index (χ1n) is 6.90. The fourth-order valence-corrected chi connectivity index (χ4v) is 2.89. The monoisotopic (exact) mass is 322 g/mol. The summed E-state index contributed by atoms with van der Waals surface area (Å²) in [4.78, 5) is 4.62. The van der Waals surface area contributed by atoms with Gasteiger partial charge in [-0.15, -0.1) is 10.2 Å². The molecule has 1 saturated heterocycles. The third-order valence-corrected chi connectivity index (χ3v) is 4.18. The van der Waals surface area contributed by atoms with Crippen molar-refractivity contribution in [3.63, 3.8) is 0 Å². The Morgan fingerprint density at radius 3 is 2.38 bits per heavy atom. The molecule has 110 valence electrons. The molecule has 0 amide bonds. The quantitative estimate of drug-likeness (QED) is 0.847. The van der Waals surface area contributed by atoms with Crippen LogP contribution in [-0.4, -0.2) is 35.9 Å². The highest BCUT2D eigenvalue weighted by atomic mass is 35.5. The lowest BCUT2D eigenvalue weighted by Gasteiger charge is -2.41. The number of piperazine rings is 1. The van der Waals surface area contributed by atoms with Gasteiger partial charge < -0.3 is 9.80 Å². The van der Waals surface area contributed by atoms with Crippen LogP contribution in [0.3, 0.4) is 0 Å². The van der Waals surface area contributed by atoms with Crippen LogP contribution >= 0.6 is 23.2 Å². The van der Waals surface area contributed by atoms with Gasteiger partial charge in [0.2, 0.25) is 0 Å². The minimum Gasteiger partial charge on any atom is -0.365 e. The van der Waals surface area contributed by atoms with Gasteiger partial charge in [0.05, 0.1) is 0 Å². The number of hydrogen-bond donors (Lipinski definition) is 0. The summed E-state index contributed by atoms with van der Waals surface area (Å²) in [5.74, 6) is 0.877. The number of benzene rings is 1. The standard InChI is InChI=1S/C15H16Cl2N4/c1-11-10-20(15-7-6-14(17)18-19-15)8-9-21(11)13-4-2-12(16)3-5-13/h2-7,11H,8-10H2,1H3. The second-order valence-electron chi connectivity index (χ2n) is 5.18. The molecule has 1 aliphatic rings. The summed E-state index contributed by atoms with van der Waals surface area (Å²) in [5, 5.41) is 9.25.